The van der Waals surface area contributed by atoms with Crippen LogP contribution in [-0.4, -0.2) is 28.0 Å². The fourth-order valence-electron chi connectivity index (χ4n) is 1.79. The molecule has 2 N–H and O–H groups in total. The summed E-state index contributed by atoms with van der Waals surface area (Å²) in [6.45, 7) is 7.76. The van der Waals surface area contributed by atoms with Gasteiger partial charge in [0.2, 0.25) is 0 Å². The SMILES string of the molecule is CCC(CC(=O)O)NC(=O)c1cc(Cl)nc(C(C)(C)C)c1. The summed E-state index contributed by atoms with van der Waals surface area (Å²) < 4.78 is 0. The van der Waals surface area contributed by atoms with Crippen LogP contribution < -0.4 is 5.32 Å². The molecule has 0 radical (unpaired) electrons. The smallest absolute Gasteiger partial charge is 0.305 e. The molecule has 0 bridgehead atoms. The maximum Gasteiger partial charge on any atom is 0.305 e. The first kappa shape index (κ1) is 17.4. The van der Waals surface area contributed by atoms with Gasteiger partial charge >= 0.3 is 5.97 Å². The fraction of sp³-hybridized carbons (Fsp3) is 0.533. The van der Waals surface area contributed by atoms with E-state index in [-0.39, 0.29) is 22.9 Å². The predicted octanol–water partition coefficient (Wildman–Crippen LogP) is 3.02. The van der Waals surface area contributed by atoms with Crippen molar-refractivity contribution in [2.45, 2.75) is 52.0 Å². The number of carbonyl (C=O) groups excluding carboxylic acids is 1. The van der Waals surface area contributed by atoms with Crippen LogP contribution in [0, 0.1) is 0 Å². The van der Waals surface area contributed by atoms with Gasteiger partial charge in [-0.3, -0.25) is 9.59 Å². The number of halogens is 1. The zero-order chi connectivity index (χ0) is 16.2. The lowest BCUT2D eigenvalue weighted by Crippen LogP contribution is -2.36. The van der Waals surface area contributed by atoms with E-state index in [9.17, 15) is 9.59 Å². The predicted molar refractivity (Wildman–Crippen MR) is 81.7 cm³/mol. The van der Waals surface area contributed by atoms with E-state index in [1.54, 1.807) is 6.07 Å². The molecule has 1 rings (SSSR count). The lowest BCUT2D eigenvalue weighted by atomic mass is 9.91. The van der Waals surface area contributed by atoms with Crippen LogP contribution in [0.3, 0.4) is 0 Å². The Labute approximate surface area is 129 Å². The Morgan fingerprint density at radius 3 is 2.48 bits per heavy atom. The third-order valence-corrected chi connectivity index (χ3v) is 3.27. The minimum atomic E-state index is -0.940. The summed E-state index contributed by atoms with van der Waals surface area (Å²) in [5.74, 6) is -1.27. The summed E-state index contributed by atoms with van der Waals surface area (Å²) in [6.07, 6.45) is 0.441. The monoisotopic (exact) mass is 312 g/mol. The van der Waals surface area contributed by atoms with E-state index in [1.807, 2.05) is 27.7 Å². The maximum atomic E-state index is 12.2. The van der Waals surface area contributed by atoms with Crippen LogP contribution in [0.4, 0.5) is 0 Å². The van der Waals surface area contributed by atoms with Gasteiger partial charge < -0.3 is 10.4 Å². The number of pyridine rings is 1. The molecule has 0 aliphatic heterocycles. The Bertz CT molecular complexity index is 538. The molecular weight excluding hydrogens is 292 g/mol. The van der Waals surface area contributed by atoms with Crippen LogP contribution in [0.25, 0.3) is 0 Å². The summed E-state index contributed by atoms with van der Waals surface area (Å²) >= 11 is 5.97. The van der Waals surface area contributed by atoms with E-state index in [1.165, 1.54) is 6.07 Å². The lowest BCUT2D eigenvalue weighted by molar-refractivity contribution is -0.137. The Balaban J connectivity index is 2.97. The van der Waals surface area contributed by atoms with Crippen LogP contribution in [-0.2, 0) is 10.2 Å². The molecule has 6 heteroatoms. The van der Waals surface area contributed by atoms with Gasteiger partial charge in [0.25, 0.3) is 5.91 Å². The topological polar surface area (TPSA) is 79.3 Å². The highest BCUT2D eigenvalue weighted by atomic mass is 35.5. The van der Waals surface area contributed by atoms with Gasteiger partial charge in [-0.05, 0) is 18.6 Å². The number of hydrogen-bond acceptors (Lipinski definition) is 3. The zero-order valence-electron chi connectivity index (χ0n) is 12.7. The van der Waals surface area contributed by atoms with Gasteiger partial charge in [-0.2, -0.15) is 0 Å². The van der Waals surface area contributed by atoms with Gasteiger partial charge in [0.1, 0.15) is 5.15 Å². The second-order valence-corrected chi connectivity index (χ2v) is 6.38. The van der Waals surface area contributed by atoms with Crippen molar-refractivity contribution >= 4 is 23.5 Å². The molecule has 1 atom stereocenters. The third kappa shape index (κ3) is 5.34. The Morgan fingerprint density at radius 1 is 1.38 bits per heavy atom. The summed E-state index contributed by atoms with van der Waals surface area (Å²) in [7, 11) is 0. The van der Waals surface area contributed by atoms with Crippen LogP contribution in [0.5, 0.6) is 0 Å². The molecule has 5 nitrogen and oxygen atoms in total. The Morgan fingerprint density at radius 2 is 2.00 bits per heavy atom. The lowest BCUT2D eigenvalue weighted by Gasteiger charge is -2.20. The molecule has 21 heavy (non-hydrogen) atoms. The van der Waals surface area contributed by atoms with Gasteiger partial charge in [0.05, 0.1) is 6.42 Å². The molecule has 1 amide bonds. The van der Waals surface area contributed by atoms with E-state index in [4.69, 9.17) is 16.7 Å². The molecule has 116 valence electrons. The normalized spacial score (nSPS) is 12.8. The van der Waals surface area contributed by atoms with Crippen molar-refractivity contribution in [2.75, 3.05) is 0 Å². The number of nitrogens with one attached hydrogen (secondary N) is 1. The number of carboxylic acid groups (broad SMARTS) is 1. The number of carbonyl (C=O) groups is 2. The van der Waals surface area contributed by atoms with Crippen LogP contribution in [0.15, 0.2) is 12.1 Å². The van der Waals surface area contributed by atoms with Crippen molar-refractivity contribution in [3.05, 3.63) is 28.5 Å². The first-order valence-electron chi connectivity index (χ1n) is 6.84. The highest BCUT2D eigenvalue weighted by molar-refractivity contribution is 6.29. The van der Waals surface area contributed by atoms with Crippen molar-refractivity contribution in [3.63, 3.8) is 0 Å². The van der Waals surface area contributed by atoms with Crippen LogP contribution in [0.2, 0.25) is 5.15 Å². The molecule has 0 saturated carbocycles. The molecule has 0 spiro atoms. The van der Waals surface area contributed by atoms with Crippen molar-refractivity contribution in [2.24, 2.45) is 0 Å². The van der Waals surface area contributed by atoms with Gasteiger partial charge in [-0.25, -0.2) is 4.98 Å². The molecule has 1 unspecified atom stereocenters. The standard InChI is InChI=1S/C15H21ClN2O3/c1-5-10(8-13(19)20)17-14(21)9-6-11(15(2,3)4)18-12(16)7-9/h6-7,10H,5,8H2,1-4H3,(H,17,21)(H,19,20). The van der Waals surface area contributed by atoms with E-state index in [2.05, 4.69) is 10.3 Å². The largest absolute Gasteiger partial charge is 0.481 e. The van der Waals surface area contributed by atoms with Gasteiger partial charge in [-0.1, -0.05) is 39.3 Å². The van der Waals surface area contributed by atoms with Gasteiger partial charge in [-0.15, -0.1) is 0 Å². The molecule has 0 saturated heterocycles. The van der Waals surface area contributed by atoms with Crippen molar-refractivity contribution in [3.8, 4) is 0 Å². The average Bonchev–Trinajstić information content (AvgIpc) is 2.35. The summed E-state index contributed by atoms with van der Waals surface area (Å²) in [5.41, 5.74) is 0.876. The van der Waals surface area contributed by atoms with E-state index >= 15 is 0 Å². The highest BCUT2D eigenvalue weighted by Crippen LogP contribution is 2.23. The molecule has 0 fully saturated rings. The first-order valence-corrected chi connectivity index (χ1v) is 7.22. The number of aromatic nitrogens is 1. The Hall–Kier alpha value is -1.62. The number of hydrogen-bond donors (Lipinski definition) is 2. The highest BCUT2D eigenvalue weighted by Gasteiger charge is 2.20. The maximum absolute atomic E-state index is 12.2. The summed E-state index contributed by atoms with van der Waals surface area (Å²) in [6, 6.07) is 2.77. The summed E-state index contributed by atoms with van der Waals surface area (Å²) in [5, 5.41) is 11.8. The van der Waals surface area contributed by atoms with Crippen LogP contribution in [0.1, 0.15) is 56.6 Å². The van der Waals surface area contributed by atoms with Crippen LogP contribution >= 0.6 is 11.6 Å². The average molecular weight is 313 g/mol. The van der Waals surface area contributed by atoms with Gasteiger partial charge in [0.15, 0.2) is 0 Å². The minimum Gasteiger partial charge on any atom is -0.481 e. The molecular formula is C15H21ClN2O3. The minimum absolute atomic E-state index is 0.104. The quantitative estimate of drug-likeness (QED) is 0.819. The molecule has 1 aromatic rings. The van der Waals surface area contributed by atoms with Crippen molar-refractivity contribution in [1.29, 1.82) is 0 Å². The molecule has 0 aromatic carbocycles. The summed E-state index contributed by atoms with van der Waals surface area (Å²) in [4.78, 5) is 27.2. The molecule has 0 aliphatic rings. The molecule has 1 heterocycles. The zero-order valence-corrected chi connectivity index (χ0v) is 13.5. The molecule has 0 aliphatic carbocycles. The number of nitrogens with zero attached hydrogens (tertiary/aromatic N) is 1. The third-order valence-electron chi connectivity index (χ3n) is 3.07. The number of rotatable bonds is 5. The van der Waals surface area contributed by atoms with E-state index in [0.717, 1.165) is 0 Å². The number of aliphatic carboxylic acids is 1. The van der Waals surface area contributed by atoms with Gasteiger partial charge in [0, 0.05) is 22.7 Å². The number of carboxylic acids is 1. The second-order valence-electron chi connectivity index (χ2n) is 5.99. The first-order chi connectivity index (χ1) is 9.63. The van der Waals surface area contributed by atoms with Crippen molar-refractivity contribution < 1.29 is 14.7 Å². The Kier molecular flexibility index (Phi) is 5.72. The van der Waals surface area contributed by atoms with E-state index < -0.39 is 12.0 Å². The molecule has 1 aromatic heterocycles. The van der Waals surface area contributed by atoms with Crippen molar-refractivity contribution in [1.82, 2.24) is 10.3 Å². The van der Waals surface area contributed by atoms with E-state index in [0.29, 0.717) is 17.7 Å². The number of amides is 1. The second kappa shape index (κ2) is 6.89. The fourth-order valence-corrected chi connectivity index (χ4v) is 2.00.